The SMILES string of the molecule is COc1cccc(/C=N/NC(=O)c2ccc3occ(C)c3c2O)c1O. The van der Waals surface area contributed by atoms with Crippen LogP contribution in [0.5, 0.6) is 17.2 Å². The van der Waals surface area contributed by atoms with Gasteiger partial charge < -0.3 is 19.4 Å². The molecule has 7 nitrogen and oxygen atoms in total. The summed E-state index contributed by atoms with van der Waals surface area (Å²) in [5, 5.41) is 24.5. The minimum absolute atomic E-state index is 0.0732. The number of phenolic OH excluding ortho intramolecular Hbond substituents is 2. The maximum Gasteiger partial charge on any atom is 0.275 e. The van der Waals surface area contributed by atoms with Gasteiger partial charge in [0.05, 0.1) is 30.5 Å². The lowest BCUT2D eigenvalue weighted by atomic mass is 10.1. The molecule has 128 valence electrons. The Morgan fingerprint density at radius 2 is 2.04 bits per heavy atom. The van der Waals surface area contributed by atoms with E-state index < -0.39 is 5.91 Å². The number of benzene rings is 2. The molecular weight excluding hydrogens is 324 g/mol. The average molecular weight is 340 g/mol. The van der Waals surface area contributed by atoms with E-state index in [1.807, 2.05) is 0 Å². The number of carbonyl (C=O) groups is 1. The number of aryl methyl sites for hydroxylation is 1. The largest absolute Gasteiger partial charge is 0.506 e. The van der Waals surface area contributed by atoms with Crippen LogP contribution in [0.2, 0.25) is 0 Å². The fourth-order valence-electron chi connectivity index (χ4n) is 2.47. The van der Waals surface area contributed by atoms with Gasteiger partial charge in [0.2, 0.25) is 0 Å². The molecule has 0 unspecified atom stereocenters. The summed E-state index contributed by atoms with van der Waals surface area (Å²) in [5.74, 6) is -0.533. The van der Waals surface area contributed by atoms with Crippen molar-refractivity contribution in [2.45, 2.75) is 6.92 Å². The van der Waals surface area contributed by atoms with Gasteiger partial charge in [-0.2, -0.15) is 5.10 Å². The molecule has 0 fully saturated rings. The van der Waals surface area contributed by atoms with E-state index in [1.54, 1.807) is 31.2 Å². The van der Waals surface area contributed by atoms with Gasteiger partial charge in [-0.1, -0.05) is 6.07 Å². The van der Waals surface area contributed by atoms with Crippen LogP contribution in [0.1, 0.15) is 21.5 Å². The molecule has 3 aromatic rings. The summed E-state index contributed by atoms with van der Waals surface area (Å²) in [6, 6.07) is 7.96. The van der Waals surface area contributed by atoms with Gasteiger partial charge in [0.1, 0.15) is 11.3 Å². The number of hydrogen-bond donors (Lipinski definition) is 3. The third-order valence-corrected chi connectivity index (χ3v) is 3.76. The number of rotatable bonds is 4. The van der Waals surface area contributed by atoms with E-state index in [4.69, 9.17) is 9.15 Å². The highest BCUT2D eigenvalue weighted by atomic mass is 16.5. The van der Waals surface area contributed by atoms with Crippen LogP contribution >= 0.6 is 0 Å². The number of amides is 1. The normalized spacial score (nSPS) is 11.1. The molecule has 0 aliphatic heterocycles. The van der Waals surface area contributed by atoms with E-state index in [2.05, 4.69) is 10.5 Å². The summed E-state index contributed by atoms with van der Waals surface area (Å²) in [4.78, 5) is 12.2. The number of nitrogens with one attached hydrogen (secondary N) is 1. The highest BCUT2D eigenvalue weighted by Gasteiger charge is 2.16. The van der Waals surface area contributed by atoms with Crippen LogP contribution in [0.4, 0.5) is 0 Å². The molecule has 0 saturated carbocycles. The molecule has 25 heavy (non-hydrogen) atoms. The monoisotopic (exact) mass is 340 g/mol. The summed E-state index contributed by atoms with van der Waals surface area (Å²) >= 11 is 0. The molecule has 0 aliphatic carbocycles. The number of hydrazone groups is 1. The van der Waals surface area contributed by atoms with E-state index in [-0.39, 0.29) is 17.1 Å². The molecule has 2 aromatic carbocycles. The molecule has 0 bridgehead atoms. The molecular formula is C18H16N2O5. The van der Waals surface area contributed by atoms with Crippen molar-refractivity contribution in [1.29, 1.82) is 0 Å². The van der Waals surface area contributed by atoms with Gasteiger partial charge in [0.25, 0.3) is 5.91 Å². The number of furan rings is 1. The van der Waals surface area contributed by atoms with E-state index in [9.17, 15) is 15.0 Å². The Morgan fingerprint density at radius 3 is 2.80 bits per heavy atom. The Bertz CT molecular complexity index is 975. The number of ether oxygens (including phenoxy) is 1. The second-order valence-corrected chi connectivity index (χ2v) is 5.35. The molecule has 0 radical (unpaired) electrons. The summed E-state index contributed by atoms with van der Waals surface area (Å²) in [6.07, 6.45) is 2.80. The number of fused-ring (bicyclic) bond motifs is 1. The smallest absolute Gasteiger partial charge is 0.275 e. The molecule has 0 spiro atoms. The van der Waals surface area contributed by atoms with Crippen molar-refractivity contribution in [1.82, 2.24) is 5.43 Å². The fourth-order valence-corrected chi connectivity index (χ4v) is 2.47. The predicted molar refractivity (Wildman–Crippen MR) is 92.3 cm³/mol. The van der Waals surface area contributed by atoms with Crippen molar-refractivity contribution in [2.24, 2.45) is 5.10 Å². The number of para-hydroxylation sites is 1. The second-order valence-electron chi connectivity index (χ2n) is 5.35. The second kappa shape index (κ2) is 6.56. The summed E-state index contributed by atoms with van der Waals surface area (Å²) in [7, 11) is 1.44. The zero-order chi connectivity index (χ0) is 18.0. The lowest BCUT2D eigenvalue weighted by molar-refractivity contribution is 0.0952. The average Bonchev–Trinajstić information content (AvgIpc) is 2.98. The molecule has 7 heteroatoms. The van der Waals surface area contributed by atoms with Crippen molar-refractivity contribution in [3.8, 4) is 17.2 Å². The Hall–Kier alpha value is -3.48. The molecule has 0 aliphatic rings. The first-order valence-corrected chi connectivity index (χ1v) is 7.42. The minimum atomic E-state index is -0.585. The summed E-state index contributed by atoms with van der Waals surface area (Å²) < 4.78 is 10.3. The van der Waals surface area contributed by atoms with Crippen LogP contribution in [0.15, 0.2) is 46.1 Å². The van der Waals surface area contributed by atoms with Crippen LogP contribution in [0.25, 0.3) is 11.0 Å². The maximum atomic E-state index is 12.2. The fraction of sp³-hybridized carbons (Fsp3) is 0.111. The van der Waals surface area contributed by atoms with E-state index >= 15 is 0 Å². The van der Waals surface area contributed by atoms with Crippen molar-refractivity contribution in [2.75, 3.05) is 7.11 Å². The van der Waals surface area contributed by atoms with Crippen molar-refractivity contribution in [3.05, 3.63) is 53.3 Å². The first kappa shape index (κ1) is 16.4. The zero-order valence-corrected chi connectivity index (χ0v) is 13.6. The molecule has 3 N–H and O–H groups in total. The predicted octanol–water partition coefficient (Wildman–Crippen LogP) is 2.92. The number of phenols is 2. The van der Waals surface area contributed by atoms with Crippen LogP contribution in [-0.4, -0.2) is 29.4 Å². The Labute approximate surface area is 143 Å². The lowest BCUT2D eigenvalue weighted by Crippen LogP contribution is -2.17. The van der Waals surface area contributed by atoms with Crippen LogP contribution in [-0.2, 0) is 0 Å². The molecule has 1 heterocycles. The molecule has 1 aromatic heterocycles. The minimum Gasteiger partial charge on any atom is -0.506 e. The lowest BCUT2D eigenvalue weighted by Gasteiger charge is -2.06. The van der Waals surface area contributed by atoms with Crippen molar-refractivity contribution in [3.63, 3.8) is 0 Å². The first-order chi connectivity index (χ1) is 12.0. The van der Waals surface area contributed by atoms with Gasteiger partial charge in [-0.15, -0.1) is 0 Å². The van der Waals surface area contributed by atoms with Gasteiger partial charge in [-0.3, -0.25) is 4.79 Å². The Kier molecular flexibility index (Phi) is 4.30. The highest BCUT2D eigenvalue weighted by Crippen LogP contribution is 2.32. The maximum absolute atomic E-state index is 12.2. The Morgan fingerprint density at radius 1 is 1.24 bits per heavy atom. The van der Waals surface area contributed by atoms with Gasteiger partial charge in [-0.05, 0) is 36.8 Å². The van der Waals surface area contributed by atoms with E-state index in [0.29, 0.717) is 22.3 Å². The summed E-state index contributed by atoms with van der Waals surface area (Å²) in [5.41, 5.74) is 4.00. The molecule has 1 amide bonds. The number of methoxy groups -OCH3 is 1. The number of hydrogen-bond acceptors (Lipinski definition) is 6. The van der Waals surface area contributed by atoms with Crippen LogP contribution in [0.3, 0.4) is 0 Å². The standard InChI is InChI=1S/C18H16N2O5/c1-10-9-25-13-7-6-12(17(22)15(10)13)18(23)20-19-8-11-4-3-5-14(24-2)16(11)21/h3-9,21-22H,1-2H3,(H,20,23)/b19-8+. The Balaban J connectivity index is 1.81. The van der Waals surface area contributed by atoms with E-state index in [1.165, 1.54) is 25.7 Å². The van der Waals surface area contributed by atoms with E-state index in [0.717, 1.165) is 5.56 Å². The van der Waals surface area contributed by atoms with Gasteiger partial charge in [0.15, 0.2) is 11.5 Å². The molecule has 3 rings (SSSR count). The third kappa shape index (κ3) is 2.99. The van der Waals surface area contributed by atoms with Crippen LogP contribution < -0.4 is 10.2 Å². The first-order valence-electron chi connectivity index (χ1n) is 7.42. The summed E-state index contributed by atoms with van der Waals surface area (Å²) in [6.45, 7) is 1.77. The number of carbonyl (C=O) groups excluding carboxylic acids is 1. The van der Waals surface area contributed by atoms with Crippen molar-refractivity contribution >= 4 is 23.1 Å². The van der Waals surface area contributed by atoms with Crippen LogP contribution in [0, 0.1) is 6.92 Å². The topological polar surface area (TPSA) is 104 Å². The number of aromatic hydroxyl groups is 2. The van der Waals surface area contributed by atoms with Gasteiger partial charge in [-0.25, -0.2) is 5.43 Å². The number of nitrogens with zero attached hydrogens (tertiary/aromatic N) is 1. The van der Waals surface area contributed by atoms with Gasteiger partial charge >= 0.3 is 0 Å². The van der Waals surface area contributed by atoms with Crippen molar-refractivity contribution < 1.29 is 24.2 Å². The quantitative estimate of drug-likeness (QED) is 0.500. The zero-order valence-electron chi connectivity index (χ0n) is 13.6. The molecule has 0 saturated heterocycles. The van der Waals surface area contributed by atoms with Gasteiger partial charge in [0, 0.05) is 5.56 Å². The third-order valence-electron chi connectivity index (χ3n) is 3.76. The molecule has 0 atom stereocenters. The highest BCUT2D eigenvalue weighted by molar-refractivity contribution is 6.03.